The van der Waals surface area contributed by atoms with E-state index in [2.05, 4.69) is 28.5 Å². The van der Waals surface area contributed by atoms with Gasteiger partial charge in [0, 0.05) is 30.3 Å². The highest BCUT2D eigenvalue weighted by molar-refractivity contribution is 6.30. The number of nitrogens with zero attached hydrogens (tertiary/aromatic N) is 1. The van der Waals surface area contributed by atoms with Crippen LogP contribution < -0.4 is 15.5 Å². The molecular formula is C16H22ClN3O. The fourth-order valence-corrected chi connectivity index (χ4v) is 3.68. The molecule has 2 unspecified atom stereocenters. The maximum atomic E-state index is 11.9. The Morgan fingerprint density at radius 1 is 1.48 bits per heavy atom. The van der Waals surface area contributed by atoms with Gasteiger partial charge in [0.2, 0.25) is 5.91 Å². The maximum absolute atomic E-state index is 11.9. The molecule has 2 fully saturated rings. The minimum absolute atomic E-state index is 0.140. The number of piperidine rings is 1. The molecule has 114 valence electrons. The first kappa shape index (κ1) is 14.7. The van der Waals surface area contributed by atoms with Crippen molar-refractivity contribution < 1.29 is 4.79 Å². The minimum Gasteiger partial charge on any atom is -0.366 e. The molecular weight excluding hydrogens is 286 g/mol. The van der Waals surface area contributed by atoms with Crippen molar-refractivity contribution >= 4 is 23.2 Å². The Labute approximate surface area is 130 Å². The molecule has 0 aromatic heterocycles. The van der Waals surface area contributed by atoms with E-state index in [4.69, 9.17) is 11.6 Å². The Balaban J connectivity index is 1.90. The summed E-state index contributed by atoms with van der Waals surface area (Å²) in [5.74, 6) is 0.355. The van der Waals surface area contributed by atoms with Gasteiger partial charge in [0.1, 0.15) is 0 Å². The third-order valence-electron chi connectivity index (χ3n) is 4.52. The van der Waals surface area contributed by atoms with E-state index in [9.17, 15) is 4.79 Å². The van der Waals surface area contributed by atoms with Gasteiger partial charge in [-0.15, -0.1) is 0 Å². The number of carbonyl (C=O) groups is 1. The molecule has 2 saturated heterocycles. The van der Waals surface area contributed by atoms with Crippen LogP contribution in [0.5, 0.6) is 0 Å². The van der Waals surface area contributed by atoms with Gasteiger partial charge in [-0.1, -0.05) is 18.5 Å². The zero-order chi connectivity index (χ0) is 14.8. The summed E-state index contributed by atoms with van der Waals surface area (Å²) < 4.78 is 0. The molecule has 4 nitrogen and oxygen atoms in total. The molecule has 21 heavy (non-hydrogen) atoms. The summed E-state index contributed by atoms with van der Waals surface area (Å²) in [5, 5.41) is 7.15. The van der Waals surface area contributed by atoms with Crippen LogP contribution in [0.3, 0.4) is 0 Å². The highest BCUT2D eigenvalue weighted by Gasteiger charge is 2.41. The molecule has 3 rings (SSSR count). The summed E-state index contributed by atoms with van der Waals surface area (Å²) in [6.07, 6.45) is 2.07. The number of anilines is 1. The largest absolute Gasteiger partial charge is 0.366 e. The number of hydrogen-bond donors (Lipinski definition) is 2. The highest BCUT2D eigenvalue weighted by Crippen LogP contribution is 2.34. The van der Waals surface area contributed by atoms with Gasteiger partial charge in [0.25, 0.3) is 0 Å². The van der Waals surface area contributed by atoms with E-state index in [0.717, 1.165) is 44.0 Å². The first-order valence-electron chi connectivity index (χ1n) is 7.74. The second-order valence-electron chi connectivity index (χ2n) is 5.81. The summed E-state index contributed by atoms with van der Waals surface area (Å²) in [4.78, 5) is 14.3. The Bertz CT molecular complexity index is 534. The number of benzene rings is 1. The number of fused-ring (bicyclic) bond motifs is 1. The normalized spacial score (nSPS) is 24.9. The predicted molar refractivity (Wildman–Crippen MR) is 85.7 cm³/mol. The second-order valence-corrected chi connectivity index (χ2v) is 6.24. The van der Waals surface area contributed by atoms with E-state index in [1.54, 1.807) is 0 Å². The van der Waals surface area contributed by atoms with Crippen molar-refractivity contribution in [3.8, 4) is 0 Å². The Kier molecular flexibility index (Phi) is 4.36. The lowest BCUT2D eigenvalue weighted by Gasteiger charge is -2.39. The molecule has 1 amide bonds. The van der Waals surface area contributed by atoms with Gasteiger partial charge in [0.15, 0.2) is 0 Å². The zero-order valence-electron chi connectivity index (χ0n) is 12.4. The standard InChI is InChI=1S/C16H22ClN3O/c1-2-18-9-11-8-12(17)5-6-14(11)20-7-3-4-13-15(20)10-19-16(13)21/h5-6,8,13,15,18H,2-4,7,9-10H2,1H3,(H,19,21). The number of nitrogens with one attached hydrogen (secondary N) is 2. The average molecular weight is 308 g/mol. The highest BCUT2D eigenvalue weighted by atomic mass is 35.5. The van der Waals surface area contributed by atoms with E-state index in [0.29, 0.717) is 0 Å². The predicted octanol–water partition coefficient (Wildman–Crippen LogP) is 2.16. The molecule has 0 radical (unpaired) electrons. The quantitative estimate of drug-likeness (QED) is 0.896. The summed E-state index contributed by atoms with van der Waals surface area (Å²) in [6, 6.07) is 6.36. The average Bonchev–Trinajstić information content (AvgIpc) is 2.87. The molecule has 2 N–H and O–H groups in total. The Hall–Kier alpha value is -1.26. The van der Waals surface area contributed by atoms with Gasteiger partial charge in [-0.3, -0.25) is 4.79 Å². The lowest BCUT2D eigenvalue weighted by atomic mass is 9.90. The monoisotopic (exact) mass is 307 g/mol. The lowest BCUT2D eigenvalue weighted by molar-refractivity contribution is -0.122. The van der Waals surface area contributed by atoms with E-state index in [-0.39, 0.29) is 17.9 Å². The van der Waals surface area contributed by atoms with E-state index in [1.807, 2.05) is 12.1 Å². The minimum atomic E-state index is 0.140. The summed E-state index contributed by atoms with van der Waals surface area (Å²) >= 11 is 6.16. The lowest BCUT2D eigenvalue weighted by Crippen LogP contribution is -2.46. The molecule has 0 bridgehead atoms. The van der Waals surface area contributed by atoms with Gasteiger partial charge in [-0.25, -0.2) is 0 Å². The second kappa shape index (κ2) is 6.24. The molecule has 1 aromatic rings. The smallest absolute Gasteiger partial charge is 0.225 e. The van der Waals surface area contributed by atoms with Crippen molar-refractivity contribution in [1.82, 2.24) is 10.6 Å². The third kappa shape index (κ3) is 2.87. The van der Waals surface area contributed by atoms with Gasteiger partial charge in [-0.05, 0) is 43.1 Å². The molecule has 2 heterocycles. The zero-order valence-corrected chi connectivity index (χ0v) is 13.1. The van der Waals surface area contributed by atoms with Crippen molar-refractivity contribution in [2.75, 3.05) is 24.5 Å². The third-order valence-corrected chi connectivity index (χ3v) is 4.75. The van der Waals surface area contributed by atoms with Crippen LogP contribution in [0, 0.1) is 5.92 Å². The van der Waals surface area contributed by atoms with Gasteiger partial charge < -0.3 is 15.5 Å². The van der Waals surface area contributed by atoms with Crippen LogP contribution in [0.2, 0.25) is 5.02 Å². The molecule has 2 aliphatic heterocycles. The van der Waals surface area contributed by atoms with Gasteiger partial charge in [0.05, 0.1) is 12.0 Å². The molecule has 0 spiro atoms. The Morgan fingerprint density at radius 2 is 2.33 bits per heavy atom. The summed E-state index contributed by atoms with van der Waals surface area (Å²) in [5.41, 5.74) is 2.43. The summed E-state index contributed by atoms with van der Waals surface area (Å²) in [6.45, 7) is 5.60. The number of halogens is 1. The van der Waals surface area contributed by atoms with Crippen molar-refractivity contribution in [3.63, 3.8) is 0 Å². The van der Waals surface area contributed by atoms with Crippen molar-refractivity contribution in [2.24, 2.45) is 5.92 Å². The van der Waals surface area contributed by atoms with Gasteiger partial charge >= 0.3 is 0 Å². The van der Waals surface area contributed by atoms with E-state index < -0.39 is 0 Å². The first-order valence-corrected chi connectivity index (χ1v) is 8.12. The van der Waals surface area contributed by atoms with Crippen LogP contribution in [0.4, 0.5) is 5.69 Å². The molecule has 2 aliphatic rings. The van der Waals surface area contributed by atoms with Crippen LogP contribution >= 0.6 is 11.6 Å². The molecule has 0 aliphatic carbocycles. The van der Waals surface area contributed by atoms with Crippen LogP contribution in [-0.2, 0) is 11.3 Å². The molecule has 2 atom stereocenters. The Morgan fingerprint density at radius 3 is 3.14 bits per heavy atom. The van der Waals surface area contributed by atoms with Crippen LogP contribution in [0.25, 0.3) is 0 Å². The number of carbonyl (C=O) groups excluding carboxylic acids is 1. The number of amides is 1. The fraction of sp³-hybridized carbons (Fsp3) is 0.562. The van der Waals surface area contributed by atoms with Crippen molar-refractivity contribution in [2.45, 2.75) is 32.4 Å². The van der Waals surface area contributed by atoms with Crippen molar-refractivity contribution in [3.05, 3.63) is 28.8 Å². The van der Waals surface area contributed by atoms with E-state index >= 15 is 0 Å². The SMILES string of the molecule is CCNCc1cc(Cl)ccc1N1CCCC2C(=O)NCC21. The maximum Gasteiger partial charge on any atom is 0.225 e. The fourth-order valence-electron chi connectivity index (χ4n) is 3.49. The number of hydrogen-bond acceptors (Lipinski definition) is 3. The topological polar surface area (TPSA) is 44.4 Å². The van der Waals surface area contributed by atoms with Crippen LogP contribution in [0.1, 0.15) is 25.3 Å². The van der Waals surface area contributed by atoms with E-state index in [1.165, 1.54) is 11.3 Å². The first-order chi connectivity index (χ1) is 10.2. The van der Waals surface area contributed by atoms with Crippen LogP contribution in [0.15, 0.2) is 18.2 Å². The van der Waals surface area contributed by atoms with Gasteiger partial charge in [-0.2, -0.15) is 0 Å². The van der Waals surface area contributed by atoms with Crippen molar-refractivity contribution in [1.29, 1.82) is 0 Å². The molecule has 1 aromatic carbocycles. The van der Waals surface area contributed by atoms with Crippen LogP contribution in [-0.4, -0.2) is 31.6 Å². The molecule has 5 heteroatoms. The molecule has 0 saturated carbocycles. The number of rotatable bonds is 4. The summed E-state index contributed by atoms with van der Waals surface area (Å²) in [7, 11) is 0.